The summed E-state index contributed by atoms with van der Waals surface area (Å²) in [6.45, 7) is 1.32. The van der Waals surface area contributed by atoms with Gasteiger partial charge in [-0.2, -0.15) is 111 Å². The molecule has 12 rings (SSSR count). The Labute approximate surface area is 528 Å². The Balaban J connectivity index is 1.29. The average molecular weight is 1370 g/mol. The van der Waals surface area contributed by atoms with E-state index >= 15 is 0 Å². The maximum absolute atomic E-state index is 14.7. The number of aryl methyl sites for hydroxylation is 1. The molecule has 2 heterocycles. The largest absolute Gasteiger partial charge is 0.416 e. The SMILES string of the molecule is Cc1cc(-c2ccc3c4ccc(-c5cc(C(F)(F)F)cc(C(F)(F)F)c5)cc4n(-c4cc(-c5cccc(C(F)(F)F)c5)c(C#N)cc4-n4c5cc(-c6cc(C(F)(F)F)cc(C(F)(F)F)c6)ccc5c5ccc(-c6cc(C(F)(F)F)cc(C(F)(F)F)c6)cc54)c3c2)cc(C(F)(F)F)c1. The van der Waals surface area contributed by atoms with Crippen LogP contribution in [0.15, 0.2) is 182 Å². The highest BCUT2D eigenvalue weighted by molar-refractivity contribution is 6.14. The first kappa shape index (κ1) is 66.6. The monoisotopic (exact) mass is 1370 g/mol. The van der Waals surface area contributed by atoms with Crippen molar-refractivity contribution in [3.8, 4) is 73.1 Å². The number of nitrogens with zero attached hydrogens (tertiary/aromatic N) is 3. The molecule has 3 nitrogen and oxygen atoms in total. The molecule has 0 aliphatic heterocycles. The molecule has 0 aliphatic carbocycles. The van der Waals surface area contributed by atoms with E-state index in [0.29, 0.717) is 48.5 Å². The number of fused-ring (bicyclic) bond motifs is 6. The first-order valence-electron chi connectivity index (χ1n) is 28.0. The first-order valence-corrected chi connectivity index (χ1v) is 28.0. The maximum atomic E-state index is 14.7. The van der Waals surface area contributed by atoms with Crippen LogP contribution in [0.5, 0.6) is 0 Å². The summed E-state index contributed by atoms with van der Waals surface area (Å²) < 4.78 is 352. The Morgan fingerprint density at radius 1 is 0.258 bits per heavy atom. The van der Waals surface area contributed by atoms with Gasteiger partial charge in [-0.15, -0.1) is 0 Å². The van der Waals surface area contributed by atoms with Crippen LogP contribution in [0.25, 0.3) is 111 Å². The van der Waals surface area contributed by atoms with Gasteiger partial charge in [-0.05, 0) is 178 Å². The summed E-state index contributed by atoms with van der Waals surface area (Å²) in [5.41, 5.74) is -20.3. The Bertz CT molecular complexity index is 5020. The summed E-state index contributed by atoms with van der Waals surface area (Å²) in [5.74, 6) is 0. The molecule has 0 atom stereocenters. The molecule has 10 aromatic carbocycles. The second-order valence-electron chi connectivity index (χ2n) is 22.6. The molecule has 0 amide bonds. The van der Waals surface area contributed by atoms with Crippen LogP contribution in [0.4, 0.5) is 105 Å². The molecular formula is C70H33F24N3. The number of hydrogen-bond donors (Lipinski definition) is 0. The molecule has 0 unspecified atom stereocenters. The van der Waals surface area contributed by atoms with Crippen LogP contribution in [0.2, 0.25) is 0 Å². The van der Waals surface area contributed by atoms with Crippen LogP contribution in [-0.2, 0) is 49.4 Å². The predicted molar refractivity (Wildman–Crippen MR) is 312 cm³/mol. The van der Waals surface area contributed by atoms with Gasteiger partial charge in [0.2, 0.25) is 0 Å². The number of benzene rings is 10. The Kier molecular flexibility index (Phi) is 15.5. The third-order valence-corrected chi connectivity index (χ3v) is 16.3. The van der Waals surface area contributed by atoms with Gasteiger partial charge in [0, 0.05) is 27.1 Å². The molecule has 0 radical (unpaired) electrons. The van der Waals surface area contributed by atoms with E-state index in [-0.39, 0.29) is 78.5 Å². The zero-order valence-corrected chi connectivity index (χ0v) is 48.2. The lowest BCUT2D eigenvalue weighted by Crippen LogP contribution is -2.11. The Morgan fingerprint density at radius 3 is 0.814 bits per heavy atom. The second kappa shape index (κ2) is 22.6. The van der Waals surface area contributed by atoms with Crippen molar-refractivity contribution >= 4 is 43.6 Å². The second-order valence-corrected chi connectivity index (χ2v) is 22.6. The summed E-state index contributed by atoms with van der Waals surface area (Å²) in [5, 5.41) is 11.1. The molecule has 0 fully saturated rings. The van der Waals surface area contributed by atoms with Crippen molar-refractivity contribution in [3.05, 3.63) is 238 Å². The van der Waals surface area contributed by atoms with Crippen molar-refractivity contribution in [2.24, 2.45) is 0 Å². The molecule has 496 valence electrons. The van der Waals surface area contributed by atoms with Gasteiger partial charge in [0.15, 0.2) is 0 Å². The third-order valence-electron chi connectivity index (χ3n) is 16.3. The Morgan fingerprint density at radius 2 is 0.526 bits per heavy atom. The molecule has 27 heteroatoms. The molecule has 12 aromatic rings. The van der Waals surface area contributed by atoms with Crippen LogP contribution in [0, 0.1) is 18.3 Å². The summed E-state index contributed by atoms with van der Waals surface area (Å²) >= 11 is 0. The fraction of sp³-hybridized carbons (Fsp3) is 0.129. The van der Waals surface area contributed by atoms with Crippen LogP contribution >= 0.6 is 0 Å². The molecule has 0 saturated heterocycles. The van der Waals surface area contributed by atoms with E-state index in [1.54, 1.807) is 0 Å². The fourth-order valence-electron chi connectivity index (χ4n) is 11.9. The fourth-order valence-corrected chi connectivity index (χ4v) is 11.9. The molecule has 97 heavy (non-hydrogen) atoms. The smallest absolute Gasteiger partial charge is 0.307 e. The lowest BCUT2D eigenvalue weighted by atomic mass is 9.96. The lowest BCUT2D eigenvalue weighted by Gasteiger charge is -2.21. The van der Waals surface area contributed by atoms with Crippen molar-refractivity contribution in [1.29, 1.82) is 5.26 Å². The normalized spacial score (nSPS) is 13.2. The molecule has 0 spiro atoms. The molecule has 2 aromatic heterocycles. The van der Waals surface area contributed by atoms with E-state index in [4.69, 9.17) is 0 Å². The zero-order valence-electron chi connectivity index (χ0n) is 48.2. The van der Waals surface area contributed by atoms with Gasteiger partial charge in [-0.25, -0.2) is 0 Å². The van der Waals surface area contributed by atoms with Crippen LogP contribution < -0.4 is 0 Å². The van der Waals surface area contributed by atoms with Gasteiger partial charge in [0.25, 0.3) is 0 Å². The zero-order chi connectivity index (χ0) is 70.4. The number of rotatable bonds is 7. The van der Waals surface area contributed by atoms with Gasteiger partial charge in [0.1, 0.15) is 0 Å². The minimum absolute atomic E-state index is 0.0197. The van der Waals surface area contributed by atoms with E-state index in [1.807, 2.05) is 6.07 Å². The number of nitriles is 1. The number of aromatic nitrogens is 2. The highest BCUT2D eigenvalue weighted by Gasteiger charge is 2.41. The third kappa shape index (κ3) is 12.6. The topological polar surface area (TPSA) is 33.6 Å². The molecule has 0 N–H and O–H groups in total. The molecular weight excluding hydrogens is 1340 g/mol. The van der Waals surface area contributed by atoms with Crippen LogP contribution in [0.1, 0.15) is 55.6 Å². The van der Waals surface area contributed by atoms with Gasteiger partial charge in [0.05, 0.1) is 89.6 Å². The van der Waals surface area contributed by atoms with Gasteiger partial charge >= 0.3 is 49.4 Å². The lowest BCUT2D eigenvalue weighted by molar-refractivity contribution is -0.144. The first-order chi connectivity index (χ1) is 44.9. The van der Waals surface area contributed by atoms with Gasteiger partial charge in [-0.1, -0.05) is 66.7 Å². The summed E-state index contributed by atoms with van der Waals surface area (Å²) in [6.07, 6.45) is -42.6. The van der Waals surface area contributed by atoms with Crippen molar-refractivity contribution in [1.82, 2.24) is 9.13 Å². The maximum Gasteiger partial charge on any atom is 0.416 e. The molecule has 0 aliphatic rings. The van der Waals surface area contributed by atoms with E-state index in [9.17, 15) is 111 Å². The standard InChI is InChI=1S/C70H33F24N3/c1-33-13-39(16-45(14-33)64(74,75)76)34-5-9-54-55-12-8-37(42-21-50(69(89,90)91)30-51(22-42)70(92,93)94)26-60(55)97(59(54)23-34)62-31-56(38-3-2-4-44(15-38)63(71,72)73)43(32-95)27-61(62)96-57-24-35(40-17-46(65(77,78)79)28-47(18-40)66(80,81)82)6-10-52(57)53-11-7-36(25-58(53)96)41-19-48(67(83,84)85)29-49(20-41)68(86,87)88/h2-31H,1H3. The van der Waals surface area contributed by atoms with Crippen molar-refractivity contribution in [3.63, 3.8) is 0 Å². The summed E-state index contributed by atoms with van der Waals surface area (Å²) in [4.78, 5) is 0. The highest BCUT2D eigenvalue weighted by Crippen LogP contribution is 2.49. The molecule has 0 saturated carbocycles. The number of hydrogen-bond acceptors (Lipinski definition) is 1. The minimum atomic E-state index is -5.44. The summed E-state index contributed by atoms with van der Waals surface area (Å²) in [6, 6.07) is 25.4. The minimum Gasteiger partial charge on any atom is -0.307 e. The summed E-state index contributed by atoms with van der Waals surface area (Å²) in [7, 11) is 0. The van der Waals surface area contributed by atoms with Crippen molar-refractivity contribution < 1.29 is 105 Å². The van der Waals surface area contributed by atoms with E-state index in [0.717, 1.165) is 89.5 Å². The van der Waals surface area contributed by atoms with Gasteiger partial charge < -0.3 is 9.13 Å². The van der Waals surface area contributed by atoms with E-state index in [2.05, 4.69) is 0 Å². The number of alkyl halides is 24. The van der Waals surface area contributed by atoms with Gasteiger partial charge in [-0.3, -0.25) is 0 Å². The van der Waals surface area contributed by atoms with E-state index < -0.39 is 155 Å². The van der Waals surface area contributed by atoms with Crippen molar-refractivity contribution in [2.75, 3.05) is 0 Å². The van der Waals surface area contributed by atoms with Crippen molar-refractivity contribution in [2.45, 2.75) is 56.3 Å². The van der Waals surface area contributed by atoms with Crippen LogP contribution in [0.3, 0.4) is 0 Å². The predicted octanol–water partition coefficient (Wildman–Crippen LogP) is 24.5. The van der Waals surface area contributed by atoms with E-state index in [1.165, 1.54) is 41.8 Å². The average Bonchev–Trinajstić information content (AvgIpc) is 1.57. The quantitative estimate of drug-likeness (QED) is 0.146. The highest BCUT2D eigenvalue weighted by atomic mass is 19.4. The van der Waals surface area contributed by atoms with Crippen LogP contribution in [-0.4, -0.2) is 9.13 Å². The molecule has 0 bridgehead atoms. The number of halogens is 24. The Hall–Kier alpha value is -10.4.